The Labute approximate surface area is 107 Å². The third-order valence-corrected chi connectivity index (χ3v) is 2.92. The minimum Gasteiger partial charge on any atom is -0.324 e. The van der Waals surface area contributed by atoms with E-state index in [9.17, 15) is 0 Å². The number of halogens is 1. The van der Waals surface area contributed by atoms with Crippen molar-refractivity contribution < 1.29 is 0 Å². The fourth-order valence-corrected chi connectivity index (χ4v) is 1.93. The van der Waals surface area contributed by atoms with Crippen LogP contribution in [0, 0.1) is 6.42 Å². The third-order valence-electron chi connectivity index (χ3n) is 2.68. The molecule has 0 fully saturated rings. The average Bonchev–Trinajstić information content (AvgIpc) is 2.37. The molecule has 0 aliphatic carbocycles. The van der Waals surface area contributed by atoms with Crippen LogP contribution in [0.5, 0.6) is 0 Å². The van der Waals surface area contributed by atoms with Gasteiger partial charge in [0.05, 0.1) is 0 Å². The first-order valence-corrected chi connectivity index (χ1v) is 6.03. The molecule has 0 saturated heterocycles. The molecule has 0 spiro atoms. The van der Waals surface area contributed by atoms with E-state index in [1.807, 2.05) is 42.5 Å². The van der Waals surface area contributed by atoms with Gasteiger partial charge in [0, 0.05) is 11.1 Å². The standard InChI is InChI=1S/C15H15ClN/c16-14-8-4-5-12(11-14)9-10-15(17)13-6-2-1-3-7-13/h1-9,11,15H,10,17H2. The summed E-state index contributed by atoms with van der Waals surface area (Å²) in [6, 6.07) is 17.9. The molecule has 1 atom stereocenters. The van der Waals surface area contributed by atoms with Gasteiger partial charge in [0.25, 0.3) is 0 Å². The lowest BCUT2D eigenvalue weighted by atomic mass is 10.00. The molecule has 17 heavy (non-hydrogen) atoms. The Balaban J connectivity index is 1.95. The van der Waals surface area contributed by atoms with Gasteiger partial charge in [-0.1, -0.05) is 54.1 Å². The van der Waals surface area contributed by atoms with Crippen molar-refractivity contribution in [2.24, 2.45) is 5.73 Å². The van der Waals surface area contributed by atoms with Crippen LogP contribution in [0.1, 0.15) is 23.6 Å². The van der Waals surface area contributed by atoms with Crippen LogP contribution in [0.25, 0.3) is 0 Å². The Morgan fingerprint density at radius 1 is 1.06 bits per heavy atom. The first kappa shape index (κ1) is 12.2. The third kappa shape index (κ3) is 3.58. The van der Waals surface area contributed by atoms with Crippen molar-refractivity contribution in [3.63, 3.8) is 0 Å². The lowest BCUT2D eigenvalue weighted by Crippen LogP contribution is -2.10. The number of hydrogen-bond acceptors (Lipinski definition) is 1. The quantitative estimate of drug-likeness (QED) is 0.865. The highest BCUT2D eigenvalue weighted by Crippen LogP contribution is 2.19. The maximum Gasteiger partial charge on any atom is 0.0408 e. The predicted octanol–water partition coefficient (Wildman–Crippen LogP) is 3.98. The van der Waals surface area contributed by atoms with Crippen LogP contribution >= 0.6 is 11.6 Å². The zero-order valence-corrected chi connectivity index (χ0v) is 10.3. The number of rotatable bonds is 4. The smallest absolute Gasteiger partial charge is 0.0408 e. The average molecular weight is 245 g/mol. The minimum atomic E-state index is 0.0372. The maximum atomic E-state index is 6.12. The second kappa shape index (κ2) is 5.85. The normalized spacial score (nSPS) is 12.4. The largest absolute Gasteiger partial charge is 0.324 e. The van der Waals surface area contributed by atoms with Crippen LogP contribution in [-0.2, 0) is 0 Å². The van der Waals surface area contributed by atoms with Gasteiger partial charge in [-0.15, -0.1) is 0 Å². The molecule has 1 nitrogen and oxygen atoms in total. The Bertz CT molecular complexity index is 467. The van der Waals surface area contributed by atoms with Crippen molar-refractivity contribution in [3.05, 3.63) is 77.2 Å². The molecule has 1 radical (unpaired) electrons. The second-order valence-corrected chi connectivity index (χ2v) is 4.45. The van der Waals surface area contributed by atoms with E-state index in [4.69, 9.17) is 17.3 Å². The van der Waals surface area contributed by atoms with Gasteiger partial charge in [0.2, 0.25) is 0 Å². The van der Waals surface area contributed by atoms with Gasteiger partial charge in [-0.3, -0.25) is 0 Å². The first-order chi connectivity index (χ1) is 8.25. The molecule has 0 saturated carbocycles. The molecule has 2 aromatic rings. The van der Waals surface area contributed by atoms with E-state index in [0.29, 0.717) is 0 Å². The summed E-state index contributed by atoms with van der Waals surface area (Å²) in [5.74, 6) is 0. The number of hydrogen-bond donors (Lipinski definition) is 1. The van der Waals surface area contributed by atoms with Crippen molar-refractivity contribution in [2.45, 2.75) is 12.5 Å². The van der Waals surface area contributed by atoms with Crippen molar-refractivity contribution in [1.29, 1.82) is 0 Å². The highest BCUT2D eigenvalue weighted by atomic mass is 35.5. The van der Waals surface area contributed by atoms with E-state index in [2.05, 4.69) is 18.6 Å². The summed E-state index contributed by atoms with van der Waals surface area (Å²) in [5, 5.41) is 0.757. The molecule has 87 valence electrons. The van der Waals surface area contributed by atoms with E-state index >= 15 is 0 Å². The monoisotopic (exact) mass is 244 g/mol. The van der Waals surface area contributed by atoms with Crippen molar-refractivity contribution in [3.8, 4) is 0 Å². The van der Waals surface area contributed by atoms with E-state index in [1.165, 1.54) is 0 Å². The molecule has 0 bridgehead atoms. The molecule has 0 amide bonds. The topological polar surface area (TPSA) is 26.0 Å². The molecule has 2 heteroatoms. The SMILES string of the molecule is NC(C[CH]c1cccc(Cl)c1)c1ccccc1. The summed E-state index contributed by atoms with van der Waals surface area (Å²) in [7, 11) is 0. The molecule has 0 aromatic heterocycles. The van der Waals surface area contributed by atoms with Gasteiger partial charge in [0.15, 0.2) is 0 Å². The molecule has 2 aromatic carbocycles. The van der Waals surface area contributed by atoms with Crippen molar-refractivity contribution in [2.75, 3.05) is 0 Å². The fraction of sp³-hybridized carbons (Fsp3) is 0.133. The van der Waals surface area contributed by atoms with Crippen LogP contribution in [0.2, 0.25) is 5.02 Å². The van der Waals surface area contributed by atoms with E-state index in [0.717, 1.165) is 22.6 Å². The zero-order valence-electron chi connectivity index (χ0n) is 9.51. The van der Waals surface area contributed by atoms with E-state index < -0.39 is 0 Å². The Kier molecular flexibility index (Phi) is 4.18. The highest BCUT2D eigenvalue weighted by molar-refractivity contribution is 6.30. The first-order valence-electron chi connectivity index (χ1n) is 5.65. The number of nitrogens with two attached hydrogens (primary N) is 1. The Morgan fingerprint density at radius 3 is 2.53 bits per heavy atom. The highest BCUT2D eigenvalue weighted by Gasteiger charge is 2.05. The molecule has 2 N–H and O–H groups in total. The van der Waals surface area contributed by atoms with Gasteiger partial charge in [-0.2, -0.15) is 0 Å². The summed E-state index contributed by atoms with van der Waals surface area (Å²) in [5.41, 5.74) is 8.39. The Morgan fingerprint density at radius 2 is 1.82 bits per heavy atom. The van der Waals surface area contributed by atoms with Crippen molar-refractivity contribution in [1.82, 2.24) is 0 Å². The van der Waals surface area contributed by atoms with Gasteiger partial charge in [0.1, 0.15) is 0 Å². The Hall–Kier alpha value is -1.31. The van der Waals surface area contributed by atoms with Gasteiger partial charge < -0.3 is 5.73 Å². The lowest BCUT2D eigenvalue weighted by molar-refractivity contribution is 0.718. The van der Waals surface area contributed by atoms with Crippen molar-refractivity contribution >= 4 is 11.6 Å². The second-order valence-electron chi connectivity index (χ2n) is 4.01. The summed E-state index contributed by atoms with van der Waals surface area (Å²) in [6.45, 7) is 0. The fourth-order valence-electron chi connectivity index (χ4n) is 1.73. The summed E-state index contributed by atoms with van der Waals surface area (Å²) >= 11 is 5.93. The van der Waals surface area contributed by atoms with Gasteiger partial charge >= 0.3 is 0 Å². The van der Waals surface area contributed by atoms with Gasteiger partial charge in [-0.05, 0) is 36.1 Å². The lowest BCUT2D eigenvalue weighted by Gasteiger charge is -2.11. The molecular weight excluding hydrogens is 230 g/mol. The van der Waals surface area contributed by atoms with E-state index in [-0.39, 0.29) is 6.04 Å². The summed E-state index contributed by atoms with van der Waals surface area (Å²) < 4.78 is 0. The van der Waals surface area contributed by atoms with Crippen LogP contribution in [0.3, 0.4) is 0 Å². The van der Waals surface area contributed by atoms with Crippen LogP contribution in [0.4, 0.5) is 0 Å². The molecule has 0 aliphatic rings. The number of benzene rings is 2. The zero-order chi connectivity index (χ0) is 12.1. The van der Waals surface area contributed by atoms with Crippen LogP contribution < -0.4 is 5.73 Å². The molecule has 2 rings (SSSR count). The molecular formula is C15H15ClN. The molecule has 0 aliphatic heterocycles. The summed E-state index contributed by atoms with van der Waals surface area (Å²) in [6.07, 6.45) is 2.92. The molecule has 0 heterocycles. The molecule has 1 unspecified atom stereocenters. The van der Waals surface area contributed by atoms with E-state index in [1.54, 1.807) is 0 Å². The minimum absolute atomic E-state index is 0.0372. The van der Waals surface area contributed by atoms with Crippen LogP contribution in [-0.4, -0.2) is 0 Å². The summed E-state index contributed by atoms with van der Waals surface area (Å²) in [4.78, 5) is 0. The van der Waals surface area contributed by atoms with Gasteiger partial charge in [-0.25, -0.2) is 0 Å². The van der Waals surface area contributed by atoms with Crippen LogP contribution in [0.15, 0.2) is 54.6 Å². The maximum absolute atomic E-state index is 6.12. The predicted molar refractivity (Wildman–Crippen MR) is 72.8 cm³/mol.